The first-order valence-corrected chi connectivity index (χ1v) is 13.0. The standard InChI is InChI=1S/C28H34O4/c29-25(31-27-11-17-5-18(12-27)7-19(6-17)13-27)23-3-1-2-4-24(23)26(30)32-28-14-20-8-21(15-28)10-22(9-20)16-28/h1-4,17-22H,5-16H2. The van der Waals surface area contributed by atoms with Crippen LogP contribution in [0.1, 0.15) is 97.8 Å². The Hall–Kier alpha value is -1.84. The number of esters is 2. The van der Waals surface area contributed by atoms with E-state index in [1.54, 1.807) is 12.1 Å². The zero-order valence-corrected chi connectivity index (χ0v) is 18.9. The van der Waals surface area contributed by atoms with Gasteiger partial charge in [0.15, 0.2) is 0 Å². The van der Waals surface area contributed by atoms with Crippen molar-refractivity contribution in [2.45, 2.75) is 88.3 Å². The van der Waals surface area contributed by atoms with Crippen LogP contribution >= 0.6 is 0 Å². The normalized spacial score (nSPS) is 45.1. The van der Waals surface area contributed by atoms with Gasteiger partial charge in [-0.25, -0.2) is 9.59 Å². The highest BCUT2D eigenvalue weighted by Gasteiger charge is 2.55. The first kappa shape index (κ1) is 19.6. The summed E-state index contributed by atoms with van der Waals surface area (Å²) in [6.45, 7) is 0. The number of carbonyl (C=O) groups excluding carboxylic acids is 2. The number of carbonyl (C=O) groups is 2. The maximum absolute atomic E-state index is 13.4. The molecule has 0 heterocycles. The average molecular weight is 435 g/mol. The minimum Gasteiger partial charge on any atom is -0.455 e. The molecule has 8 aliphatic rings. The fourth-order valence-corrected chi connectivity index (χ4v) is 9.65. The van der Waals surface area contributed by atoms with E-state index in [0.717, 1.165) is 38.5 Å². The SMILES string of the molecule is O=C(OC12CC3CC(CC(C3)C1)C2)c1ccccc1C(=O)OC12CC3CC(CC(C3)C1)C2. The van der Waals surface area contributed by atoms with Crippen molar-refractivity contribution in [2.75, 3.05) is 0 Å². The molecule has 1 aromatic rings. The molecule has 0 amide bonds. The van der Waals surface area contributed by atoms with Crippen LogP contribution < -0.4 is 0 Å². The maximum Gasteiger partial charge on any atom is 0.339 e. The summed E-state index contributed by atoms with van der Waals surface area (Å²) in [5.74, 6) is 3.62. The van der Waals surface area contributed by atoms with Gasteiger partial charge in [-0.3, -0.25) is 0 Å². The molecular weight excluding hydrogens is 400 g/mol. The van der Waals surface area contributed by atoms with Gasteiger partial charge in [-0.1, -0.05) is 12.1 Å². The Balaban J connectivity index is 1.12. The molecule has 9 rings (SSSR count). The lowest BCUT2D eigenvalue weighted by molar-refractivity contribution is -0.133. The first-order valence-electron chi connectivity index (χ1n) is 13.0. The summed E-state index contributed by atoms with van der Waals surface area (Å²) in [4.78, 5) is 26.8. The van der Waals surface area contributed by atoms with Crippen LogP contribution in [0.15, 0.2) is 24.3 Å². The largest absolute Gasteiger partial charge is 0.455 e. The lowest BCUT2D eigenvalue weighted by atomic mass is 9.54. The smallest absolute Gasteiger partial charge is 0.339 e. The number of rotatable bonds is 4. The Kier molecular flexibility index (Phi) is 4.19. The van der Waals surface area contributed by atoms with Crippen LogP contribution in [0.4, 0.5) is 0 Å². The molecule has 0 saturated heterocycles. The van der Waals surface area contributed by atoms with E-state index in [4.69, 9.17) is 9.47 Å². The van der Waals surface area contributed by atoms with Crippen molar-refractivity contribution in [3.8, 4) is 0 Å². The third-order valence-corrected chi connectivity index (χ3v) is 9.95. The van der Waals surface area contributed by atoms with E-state index in [1.165, 1.54) is 38.5 Å². The molecule has 0 atom stereocenters. The highest BCUT2D eigenvalue weighted by molar-refractivity contribution is 6.03. The molecule has 4 heteroatoms. The summed E-state index contributed by atoms with van der Waals surface area (Å²) in [7, 11) is 0. The third-order valence-electron chi connectivity index (χ3n) is 9.95. The summed E-state index contributed by atoms with van der Waals surface area (Å²) >= 11 is 0. The molecule has 8 aliphatic carbocycles. The molecule has 0 aliphatic heterocycles. The van der Waals surface area contributed by atoms with E-state index in [2.05, 4.69) is 0 Å². The fraction of sp³-hybridized carbons (Fsp3) is 0.714. The highest BCUT2D eigenvalue weighted by Crippen LogP contribution is 2.58. The lowest BCUT2D eigenvalue weighted by Gasteiger charge is -2.56. The second kappa shape index (κ2) is 6.84. The molecule has 0 spiro atoms. The molecule has 4 nitrogen and oxygen atoms in total. The number of hydrogen-bond donors (Lipinski definition) is 0. The van der Waals surface area contributed by atoms with E-state index in [0.29, 0.717) is 46.6 Å². The van der Waals surface area contributed by atoms with Crippen molar-refractivity contribution in [2.24, 2.45) is 35.5 Å². The summed E-state index contributed by atoms with van der Waals surface area (Å²) in [6.07, 6.45) is 13.9. The molecular formula is C28H34O4. The van der Waals surface area contributed by atoms with Gasteiger partial charge < -0.3 is 9.47 Å². The van der Waals surface area contributed by atoms with Crippen LogP contribution in [-0.2, 0) is 9.47 Å². The fourth-order valence-electron chi connectivity index (χ4n) is 9.65. The second-order valence-corrected chi connectivity index (χ2v) is 12.5. The monoisotopic (exact) mass is 434 g/mol. The number of ether oxygens (including phenoxy) is 2. The van der Waals surface area contributed by atoms with Gasteiger partial charge in [0.2, 0.25) is 0 Å². The van der Waals surface area contributed by atoms with Crippen LogP contribution in [0.3, 0.4) is 0 Å². The summed E-state index contributed by atoms with van der Waals surface area (Å²) in [6, 6.07) is 7.16. The van der Waals surface area contributed by atoms with Gasteiger partial charge >= 0.3 is 11.9 Å². The van der Waals surface area contributed by atoms with Crippen molar-refractivity contribution in [3.05, 3.63) is 35.4 Å². The van der Waals surface area contributed by atoms with Gasteiger partial charge in [-0.15, -0.1) is 0 Å². The van der Waals surface area contributed by atoms with Gasteiger partial charge in [0, 0.05) is 0 Å². The highest BCUT2D eigenvalue weighted by atomic mass is 16.6. The Morgan fingerprint density at radius 2 is 0.844 bits per heavy atom. The molecule has 8 saturated carbocycles. The zero-order chi connectivity index (χ0) is 21.5. The molecule has 32 heavy (non-hydrogen) atoms. The molecule has 170 valence electrons. The molecule has 0 N–H and O–H groups in total. The molecule has 0 aromatic heterocycles. The van der Waals surface area contributed by atoms with Gasteiger partial charge in [0.1, 0.15) is 11.2 Å². The van der Waals surface area contributed by atoms with Crippen molar-refractivity contribution in [1.29, 1.82) is 0 Å². The number of hydrogen-bond acceptors (Lipinski definition) is 4. The van der Waals surface area contributed by atoms with Crippen LogP contribution in [-0.4, -0.2) is 23.1 Å². The van der Waals surface area contributed by atoms with E-state index in [9.17, 15) is 9.59 Å². The van der Waals surface area contributed by atoms with Gasteiger partial charge in [-0.2, -0.15) is 0 Å². The van der Waals surface area contributed by atoms with Crippen molar-refractivity contribution in [3.63, 3.8) is 0 Å². The molecule has 1 aromatic carbocycles. The van der Waals surface area contributed by atoms with E-state index < -0.39 is 0 Å². The average Bonchev–Trinajstić information content (AvgIpc) is 2.71. The lowest BCUT2D eigenvalue weighted by Crippen LogP contribution is -2.53. The minimum atomic E-state index is -0.329. The van der Waals surface area contributed by atoms with Crippen LogP contribution in [0.5, 0.6) is 0 Å². The number of benzene rings is 1. The first-order chi connectivity index (χ1) is 15.5. The van der Waals surface area contributed by atoms with Gasteiger partial charge in [0.25, 0.3) is 0 Å². The van der Waals surface area contributed by atoms with Crippen molar-refractivity contribution in [1.82, 2.24) is 0 Å². The molecule has 0 radical (unpaired) electrons. The third kappa shape index (κ3) is 3.15. The Morgan fingerprint density at radius 1 is 0.562 bits per heavy atom. The van der Waals surface area contributed by atoms with Crippen LogP contribution in [0.2, 0.25) is 0 Å². The van der Waals surface area contributed by atoms with Crippen molar-refractivity contribution < 1.29 is 19.1 Å². The minimum absolute atomic E-state index is 0.303. The van der Waals surface area contributed by atoms with Gasteiger partial charge in [0.05, 0.1) is 11.1 Å². The van der Waals surface area contributed by atoms with Crippen LogP contribution in [0, 0.1) is 35.5 Å². The van der Waals surface area contributed by atoms with Crippen LogP contribution in [0.25, 0.3) is 0 Å². The summed E-state index contributed by atoms with van der Waals surface area (Å²) < 4.78 is 12.5. The quantitative estimate of drug-likeness (QED) is 0.551. The topological polar surface area (TPSA) is 52.6 Å². The predicted molar refractivity (Wildman–Crippen MR) is 119 cm³/mol. The maximum atomic E-state index is 13.4. The molecule has 0 unspecified atom stereocenters. The Morgan fingerprint density at radius 3 is 1.12 bits per heavy atom. The Labute approximate surface area is 190 Å². The zero-order valence-electron chi connectivity index (χ0n) is 18.9. The molecule has 8 bridgehead atoms. The Bertz CT molecular complexity index is 814. The van der Waals surface area contributed by atoms with E-state index in [-0.39, 0.29) is 23.1 Å². The summed E-state index contributed by atoms with van der Waals surface area (Å²) in [5.41, 5.74) is 0.168. The second-order valence-electron chi connectivity index (χ2n) is 12.5. The molecule has 8 fully saturated rings. The van der Waals surface area contributed by atoms with Crippen molar-refractivity contribution >= 4 is 11.9 Å². The summed E-state index contributed by atoms with van der Waals surface area (Å²) in [5, 5.41) is 0. The van der Waals surface area contributed by atoms with Gasteiger partial charge in [-0.05, 0) is 125 Å². The predicted octanol–water partition coefficient (Wildman–Crippen LogP) is 5.94. The van der Waals surface area contributed by atoms with E-state index >= 15 is 0 Å². The van der Waals surface area contributed by atoms with E-state index in [1.807, 2.05) is 12.1 Å².